The van der Waals surface area contributed by atoms with E-state index in [4.69, 9.17) is 4.74 Å². The van der Waals surface area contributed by atoms with E-state index in [0.29, 0.717) is 18.1 Å². The Balaban J connectivity index is 2.01. The third kappa shape index (κ3) is 4.78. The molecule has 0 spiro atoms. The predicted molar refractivity (Wildman–Crippen MR) is 102 cm³/mol. The van der Waals surface area contributed by atoms with Crippen LogP contribution in [0.5, 0.6) is 5.75 Å². The molecule has 0 bridgehead atoms. The van der Waals surface area contributed by atoms with Crippen LogP contribution in [0, 0.1) is 5.92 Å². The number of carbonyl (C=O) groups is 3. The molecule has 1 aliphatic heterocycles. The van der Waals surface area contributed by atoms with Crippen LogP contribution in [-0.2, 0) is 9.59 Å². The molecule has 2 unspecified atom stereocenters. The van der Waals surface area contributed by atoms with E-state index in [1.807, 2.05) is 31.2 Å². The summed E-state index contributed by atoms with van der Waals surface area (Å²) in [6.07, 6.45) is 1.36. The van der Waals surface area contributed by atoms with Crippen molar-refractivity contribution >= 4 is 17.8 Å². The first kappa shape index (κ1) is 20.7. The zero-order valence-corrected chi connectivity index (χ0v) is 16.7. The van der Waals surface area contributed by atoms with Crippen molar-refractivity contribution in [3.8, 4) is 5.75 Å². The minimum atomic E-state index is -0.949. The number of para-hydroxylation sites is 1. The molecule has 7 nitrogen and oxygen atoms in total. The highest BCUT2D eigenvalue weighted by molar-refractivity contribution is 6.08. The Morgan fingerprint density at radius 1 is 1.26 bits per heavy atom. The lowest BCUT2D eigenvalue weighted by molar-refractivity contribution is -0.135. The highest BCUT2D eigenvalue weighted by Gasteiger charge is 2.47. The van der Waals surface area contributed by atoms with E-state index < -0.39 is 17.5 Å². The molecule has 1 aromatic rings. The number of imide groups is 1. The number of urea groups is 1. The second-order valence-electron chi connectivity index (χ2n) is 7.62. The molecule has 0 radical (unpaired) electrons. The van der Waals surface area contributed by atoms with Crippen LogP contribution in [0.15, 0.2) is 24.3 Å². The van der Waals surface area contributed by atoms with Gasteiger partial charge >= 0.3 is 6.03 Å². The summed E-state index contributed by atoms with van der Waals surface area (Å²) in [5.74, 6) is 0.338. The van der Waals surface area contributed by atoms with Crippen LogP contribution in [0.4, 0.5) is 4.79 Å². The highest BCUT2D eigenvalue weighted by Crippen LogP contribution is 2.26. The number of hydrogen-bond donors (Lipinski definition) is 2. The normalized spacial score (nSPS) is 20.6. The predicted octanol–water partition coefficient (Wildman–Crippen LogP) is 2.62. The average Bonchev–Trinajstić information content (AvgIpc) is 2.83. The summed E-state index contributed by atoms with van der Waals surface area (Å²) in [6.45, 7) is 7.37. The molecule has 148 valence electrons. The summed E-state index contributed by atoms with van der Waals surface area (Å²) in [5, 5.41) is 5.56. The van der Waals surface area contributed by atoms with Crippen LogP contribution in [0.1, 0.15) is 52.1 Å². The van der Waals surface area contributed by atoms with Crippen LogP contribution in [0.2, 0.25) is 0 Å². The molecule has 0 aliphatic carbocycles. The van der Waals surface area contributed by atoms with E-state index in [1.54, 1.807) is 14.0 Å². The van der Waals surface area contributed by atoms with Gasteiger partial charge in [-0.25, -0.2) is 4.79 Å². The topological polar surface area (TPSA) is 87.7 Å². The first-order valence-corrected chi connectivity index (χ1v) is 9.24. The molecule has 0 saturated carbocycles. The number of benzene rings is 1. The second kappa shape index (κ2) is 8.41. The number of methoxy groups -OCH3 is 1. The summed E-state index contributed by atoms with van der Waals surface area (Å²) in [7, 11) is 1.57. The van der Waals surface area contributed by atoms with Gasteiger partial charge in [0.1, 0.15) is 17.8 Å². The van der Waals surface area contributed by atoms with Gasteiger partial charge in [0.25, 0.3) is 5.91 Å². The van der Waals surface area contributed by atoms with Crippen molar-refractivity contribution in [1.82, 2.24) is 15.5 Å². The number of amides is 4. The van der Waals surface area contributed by atoms with Crippen LogP contribution < -0.4 is 15.4 Å². The monoisotopic (exact) mass is 375 g/mol. The maximum Gasteiger partial charge on any atom is 0.325 e. The molecule has 1 aromatic carbocycles. The van der Waals surface area contributed by atoms with Gasteiger partial charge < -0.3 is 15.4 Å². The summed E-state index contributed by atoms with van der Waals surface area (Å²) >= 11 is 0. The minimum Gasteiger partial charge on any atom is -0.496 e. The van der Waals surface area contributed by atoms with Gasteiger partial charge in [-0.05, 0) is 38.7 Å². The van der Waals surface area contributed by atoms with Gasteiger partial charge in [0.2, 0.25) is 5.91 Å². The van der Waals surface area contributed by atoms with Crippen LogP contribution in [0.3, 0.4) is 0 Å². The molecule has 1 fully saturated rings. The fourth-order valence-corrected chi connectivity index (χ4v) is 3.17. The molecule has 7 heteroatoms. The van der Waals surface area contributed by atoms with Crippen LogP contribution >= 0.6 is 0 Å². The molecule has 2 atom stereocenters. The number of ether oxygens (including phenoxy) is 1. The molecule has 1 aliphatic rings. The van der Waals surface area contributed by atoms with Gasteiger partial charge in [0, 0.05) is 5.56 Å². The number of hydrogen-bond acceptors (Lipinski definition) is 4. The number of nitrogens with zero attached hydrogens (tertiary/aromatic N) is 1. The minimum absolute atomic E-state index is 0.304. The molecule has 27 heavy (non-hydrogen) atoms. The molecular formula is C20H29N3O4. The largest absolute Gasteiger partial charge is 0.496 e. The SMILES string of the molecule is COc1ccccc1C(C)NC(=O)CN1C(=O)NC(C)(CCC(C)C)C1=O. The van der Waals surface area contributed by atoms with E-state index >= 15 is 0 Å². The maximum atomic E-state index is 12.7. The van der Waals surface area contributed by atoms with Gasteiger partial charge in [-0.1, -0.05) is 32.0 Å². The Hall–Kier alpha value is -2.57. The third-order valence-electron chi connectivity index (χ3n) is 4.85. The summed E-state index contributed by atoms with van der Waals surface area (Å²) in [5.41, 5.74) is -0.122. The third-order valence-corrected chi connectivity index (χ3v) is 4.85. The van der Waals surface area contributed by atoms with Gasteiger partial charge in [-0.15, -0.1) is 0 Å². The van der Waals surface area contributed by atoms with Crippen molar-refractivity contribution in [2.75, 3.05) is 13.7 Å². The lowest BCUT2D eigenvalue weighted by atomic mass is 9.92. The molecule has 2 N–H and O–H groups in total. The standard InChI is InChI=1S/C20H29N3O4/c1-13(2)10-11-20(4)18(25)23(19(26)22-20)12-17(24)21-14(3)15-8-6-7-9-16(15)27-5/h6-9,13-14H,10-12H2,1-5H3,(H,21,24)(H,22,26). The first-order valence-electron chi connectivity index (χ1n) is 9.24. The fraction of sp³-hybridized carbons (Fsp3) is 0.550. The summed E-state index contributed by atoms with van der Waals surface area (Å²) < 4.78 is 5.31. The van der Waals surface area contributed by atoms with Crippen molar-refractivity contribution in [1.29, 1.82) is 0 Å². The molecule has 1 saturated heterocycles. The molecule has 1 heterocycles. The van der Waals surface area contributed by atoms with Crippen molar-refractivity contribution in [3.63, 3.8) is 0 Å². The second-order valence-corrected chi connectivity index (χ2v) is 7.62. The molecule has 4 amide bonds. The van der Waals surface area contributed by atoms with Crippen molar-refractivity contribution in [2.45, 2.75) is 52.1 Å². The van der Waals surface area contributed by atoms with Gasteiger partial charge in [-0.2, -0.15) is 0 Å². The Morgan fingerprint density at radius 2 is 1.93 bits per heavy atom. The Labute approximate surface area is 160 Å². The van der Waals surface area contributed by atoms with Crippen molar-refractivity contribution < 1.29 is 19.1 Å². The molecular weight excluding hydrogens is 346 g/mol. The summed E-state index contributed by atoms with van der Waals surface area (Å²) in [6, 6.07) is 6.55. The molecule has 2 rings (SSSR count). The van der Waals surface area contributed by atoms with Crippen LogP contribution in [0.25, 0.3) is 0 Å². The van der Waals surface area contributed by atoms with E-state index in [9.17, 15) is 14.4 Å². The van der Waals surface area contributed by atoms with Gasteiger partial charge in [0.05, 0.1) is 13.2 Å². The Bertz CT molecular complexity index is 719. The van der Waals surface area contributed by atoms with E-state index in [1.165, 1.54) is 0 Å². The van der Waals surface area contributed by atoms with Crippen molar-refractivity contribution in [3.05, 3.63) is 29.8 Å². The van der Waals surface area contributed by atoms with Crippen LogP contribution in [-0.4, -0.2) is 41.9 Å². The van der Waals surface area contributed by atoms with E-state index in [0.717, 1.165) is 16.9 Å². The fourth-order valence-electron chi connectivity index (χ4n) is 3.17. The highest BCUT2D eigenvalue weighted by atomic mass is 16.5. The Kier molecular flexibility index (Phi) is 6.46. The zero-order chi connectivity index (χ0) is 20.2. The smallest absolute Gasteiger partial charge is 0.325 e. The van der Waals surface area contributed by atoms with Crippen molar-refractivity contribution in [2.24, 2.45) is 5.92 Å². The van der Waals surface area contributed by atoms with Gasteiger partial charge in [0.15, 0.2) is 0 Å². The Morgan fingerprint density at radius 3 is 2.56 bits per heavy atom. The molecule has 0 aromatic heterocycles. The van der Waals surface area contributed by atoms with Gasteiger partial charge in [-0.3, -0.25) is 14.5 Å². The number of carbonyl (C=O) groups excluding carboxylic acids is 3. The zero-order valence-electron chi connectivity index (χ0n) is 16.7. The van der Waals surface area contributed by atoms with E-state index in [-0.39, 0.29) is 18.5 Å². The lowest BCUT2D eigenvalue weighted by Crippen LogP contribution is -2.45. The number of rotatable bonds is 8. The quantitative estimate of drug-likeness (QED) is 0.684. The average molecular weight is 375 g/mol. The lowest BCUT2D eigenvalue weighted by Gasteiger charge is -2.23. The van der Waals surface area contributed by atoms with E-state index in [2.05, 4.69) is 24.5 Å². The first-order chi connectivity index (χ1) is 12.7. The maximum absolute atomic E-state index is 12.7. The number of nitrogens with one attached hydrogen (secondary N) is 2. The summed E-state index contributed by atoms with van der Waals surface area (Å²) in [4.78, 5) is 38.3.